The van der Waals surface area contributed by atoms with E-state index in [9.17, 15) is 0 Å². The van der Waals surface area contributed by atoms with Crippen molar-refractivity contribution in [2.45, 2.75) is 33.1 Å². The van der Waals surface area contributed by atoms with Gasteiger partial charge in [-0.1, -0.05) is 13.8 Å². The van der Waals surface area contributed by atoms with Crippen molar-refractivity contribution >= 4 is 0 Å². The van der Waals surface area contributed by atoms with Gasteiger partial charge in [0.15, 0.2) is 0 Å². The highest BCUT2D eigenvalue weighted by atomic mass is 16.5. The van der Waals surface area contributed by atoms with E-state index in [1.165, 1.54) is 32.4 Å². The number of hydrogen-bond donors (Lipinski definition) is 1. The number of likely N-dealkylation sites (tertiary alicyclic amines) is 1. The highest BCUT2D eigenvalue weighted by molar-refractivity contribution is 4.70. The molecular formula is C14H30N2O. The van der Waals surface area contributed by atoms with E-state index >= 15 is 0 Å². The van der Waals surface area contributed by atoms with E-state index in [-0.39, 0.29) is 0 Å². The summed E-state index contributed by atoms with van der Waals surface area (Å²) in [4.78, 5) is 2.43. The minimum atomic E-state index is 0.647. The number of nitrogens with one attached hydrogen (secondary N) is 1. The van der Waals surface area contributed by atoms with Crippen molar-refractivity contribution in [3.8, 4) is 0 Å². The molecule has 1 aliphatic rings. The molecule has 0 aromatic carbocycles. The van der Waals surface area contributed by atoms with E-state index in [0.717, 1.165) is 32.2 Å². The molecule has 0 atom stereocenters. The molecule has 1 heterocycles. The second-order valence-electron chi connectivity index (χ2n) is 5.75. The van der Waals surface area contributed by atoms with Gasteiger partial charge >= 0.3 is 0 Å². The average molecular weight is 242 g/mol. The van der Waals surface area contributed by atoms with Gasteiger partial charge in [0.1, 0.15) is 0 Å². The minimum Gasteiger partial charge on any atom is -0.380 e. The molecule has 3 nitrogen and oxygen atoms in total. The molecule has 17 heavy (non-hydrogen) atoms. The van der Waals surface area contributed by atoms with Crippen molar-refractivity contribution in [1.82, 2.24) is 10.2 Å². The molecule has 0 unspecified atom stereocenters. The lowest BCUT2D eigenvalue weighted by atomic mass is 9.94. The summed E-state index contributed by atoms with van der Waals surface area (Å²) in [5, 5.41) is 3.48. The highest BCUT2D eigenvalue weighted by Crippen LogP contribution is 2.18. The first-order chi connectivity index (χ1) is 8.18. The molecule has 0 aromatic heterocycles. The zero-order valence-corrected chi connectivity index (χ0v) is 11.9. The van der Waals surface area contributed by atoms with E-state index in [2.05, 4.69) is 31.1 Å². The van der Waals surface area contributed by atoms with Gasteiger partial charge in [-0.2, -0.15) is 0 Å². The monoisotopic (exact) mass is 242 g/mol. The third kappa shape index (κ3) is 7.74. The summed E-state index contributed by atoms with van der Waals surface area (Å²) in [6.07, 6.45) is 4.09. The highest BCUT2D eigenvalue weighted by Gasteiger charge is 2.15. The Morgan fingerprint density at radius 1 is 1.24 bits per heavy atom. The Kier molecular flexibility index (Phi) is 7.82. The fourth-order valence-electron chi connectivity index (χ4n) is 2.25. The van der Waals surface area contributed by atoms with Crippen LogP contribution in [-0.2, 0) is 4.74 Å². The van der Waals surface area contributed by atoms with Crippen LogP contribution in [0.3, 0.4) is 0 Å². The van der Waals surface area contributed by atoms with E-state index in [1.807, 2.05) is 0 Å². The van der Waals surface area contributed by atoms with Crippen molar-refractivity contribution in [2.75, 3.05) is 46.4 Å². The zero-order valence-electron chi connectivity index (χ0n) is 11.9. The minimum absolute atomic E-state index is 0.647. The number of ether oxygens (including phenoxy) is 1. The van der Waals surface area contributed by atoms with Crippen LogP contribution in [0.5, 0.6) is 0 Å². The topological polar surface area (TPSA) is 24.5 Å². The van der Waals surface area contributed by atoms with Crippen LogP contribution in [0, 0.1) is 11.8 Å². The summed E-state index contributed by atoms with van der Waals surface area (Å²) < 4.78 is 5.53. The predicted molar refractivity (Wildman–Crippen MR) is 73.4 cm³/mol. The summed E-state index contributed by atoms with van der Waals surface area (Å²) in [7, 11) is 2.22. The van der Waals surface area contributed by atoms with Crippen molar-refractivity contribution in [2.24, 2.45) is 11.8 Å². The van der Waals surface area contributed by atoms with Gasteiger partial charge in [0.2, 0.25) is 0 Å². The van der Waals surface area contributed by atoms with Crippen molar-refractivity contribution < 1.29 is 4.74 Å². The van der Waals surface area contributed by atoms with Gasteiger partial charge in [-0.05, 0) is 57.8 Å². The Bertz CT molecular complexity index is 177. The summed E-state index contributed by atoms with van der Waals surface area (Å²) in [6, 6.07) is 0. The summed E-state index contributed by atoms with van der Waals surface area (Å²) in [5.74, 6) is 1.59. The first-order valence-electron chi connectivity index (χ1n) is 7.15. The second kappa shape index (κ2) is 8.90. The van der Waals surface area contributed by atoms with Crippen molar-refractivity contribution in [3.05, 3.63) is 0 Å². The van der Waals surface area contributed by atoms with Gasteiger partial charge in [-0.15, -0.1) is 0 Å². The van der Waals surface area contributed by atoms with Crippen LogP contribution in [0.2, 0.25) is 0 Å². The Labute approximate surface area is 107 Å². The first-order valence-corrected chi connectivity index (χ1v) is 7.15. The Hall–Kier alpha value is -0.120. The fraction of sp³-hybridized carbons (Fsp3) is 1.00. The normalized spacial score (nSPS) is 19.1. The molecule has 0 amide bonds. The molecule has 1 aliphatic heterocycles. The molecule has 0 radical (unpaired) electrons. The Balaban J connectivity index is 1.84. The van der Waals surface area contributed by atoms with Crippen LogP contribution in [0.25, 0.3) is 0 Å². The largest absolute Gasteiger partial charge is 0.380 e. The third-order valence-corrected chi connectivity index (χ3v) is 3.44. The zero-order chi connectivity index (χ0) is 12.5. The fourth-order valence-corrected chi connectivity index (χ4v) is 2.25. The molecule has 1 saturated heterocycles. The molecular weight excluding hydrogens is 212 g/mol. The predicted octanol–water partition coefficient (Wildman–Crippen LogP) is 1.98. The van der Waals surface area contributed by atoms with E-state index in [4.69, 9.17) is 4.74 Å². The maximum atomic E-state index is 5.53. The molecule has 102 valence electrons. The number of nitrogens with zero attached hydrogens (tertiary/aromatic N) is 1. The second-order valence-corrected chi connectivity index (χ2v) is 5.75. The van der Waals surface area contributed by atoms with Gasteiger partial charge in [0.05, 0.1) is 6.61 Å². The van der Waals surface area contributed by atoms with Gasteiger partial charge in [-0.25, -0.2) is 0 Å². The third-order valence-electron chi connectivity index (χ3n) is 3.44. The van der Waals surface area contributed by atoms with Crippen LogP contribution in [-0.4, -0.2) is 51.3 Å². The Morgan fingerprint density at radius 2 is 1.94 bits per heavy atom. The summed E-state index contributed by atoms with van der Waals surface area (Å²) >= 11 is 0. The molecule has 0 saturated carbocycles. The van der Waals surface area contributed by atoms with E-state index in [1.54, 1.807) is 0 Å². The molecule has 0 spiro atoms. The smallest absolute Gasteiger partial charge is 0.0591 e. The molecule has 1 rings (SSSR count). The molecule has 0 bridgehead atoms. The molecule has 0 aromatic rings. The molecule has 1 fully saturated rings. The number of piperidine rings is 1. The lowest BCUT2D eigenvalue weighted by Crippen LogP contribution is -2.32. The van der Waals surface area contributed by atoms with E-state index < -0.39 is 0 Å². The van der Waals surface area contributed by atoms with Crippen LogP contribution in [0.4, 0.5) is 0 Å². The molecule has 1 N–H and O–H groups in total. The van der Waals surface area contributed by atoms with Crippen molar-refractivity contribution in [3.63, 3.8) is 0 Å². The Morgan fingerprint density at radius 3 is 2.59 bits per heavy atom. The summed E-state index contributed by atoms with van der Waals surface area (Å²) in [6.45, 7) is 10.8. The average Bonchev–Trinajstić information content (AvgIpc) is 2.30. The van der Waals surface area contributed by atoms with Gasteiger partial charge < -0.3 is 15.0 Å². The van der Waals surface area contributed by atoms with Crippen LogP contribution < -0.4 is 5.32 Å². The quantitative estimate of drug-likeness (QED) is 0.659. The van der Waals surface area contributed by atoms with Crippen molar-refractivity contribution in [1.29, 1.82) is 0 Å². The van der Waals surface area contributed by atoms with Crippen LogP contribution in [0.15, 0.2) is 0 Å². The number of hydrogen-bond acceptors (Lipinski definition) is 3. The van der Waals surface area contributed by atoms with Gasteiger partial charge in [-0.3, -0.25) is 0 Å². The lowest BCUT2D eigenvalue weighted by Gasteiger charge is -2.28. The maximum absolute atomic E-state index is 5.53. The lowest BCUT2D eigenvalue weighted by molar-refractivity contribution is 0.111. The van der Waals surface area contributed by atoms with Crippen LogP contribution >= 0.6 is 0 Å². The van der Waals surface area contributed by atoms with Gasteiger partial charge in [0.25, 0.3) is 0 Å². The maximum Gasteiger partial charge on any atom is 0.0591 e. The number of rotatable bonds is 8. The SMILES string of the molecule is CC(C)COCCNCCC1CCN(C)CC1. The summed E-state index contributed by atoms with van der Waals surface area (Å²) in [5.41, 5.74) is 0. The molecule has 0 aliphatic carbocycles. The van der Waals surface area contributed by atoms with Gasteiger partial charge in [0, 0.05) is 13.2 Å². The standard InChI is InChI=1S/C14H30N2O/c1-13(2)12-17-11-8-15-7-4-14-5-9-16(3)10-6-14/h13-15H,4-12H2,1-3H3. The van der Waals surface area contributed by atoms with Crippen LogP contribution in [0.1, 0.15) is 33.1 Å². The first kappa shape index (κ1) is 14.9. The molecule has 3 heteroatoms. The van der Waals surface area contributed by atoms with E-state index in [0.29, 0.717) is 5.92 Å².